The van der Waals surface area contributed by atoms with E-state index in [1.807, 2.05) is 30.3 Å². The van der Waals surface area contributed by atoms with Crippen LogP contribution in [-0.4, -0.2) is 16.9 Å². The normalized spacial score (nSPS) is 15.9. The van der Waals surface area contributed by atoms with E-state index in [2.05, 4.69) is 5.32 Å². The highest BCUT2D eigenvalue weighted by atomic mass is 32.1. The van der Waals surface area contributed by atoms with Crippen LogP contribution in [0.4, 0.5) is 5.69 Å². The van der Waals surface area contributed by atoms with E-state index >= 15 is 0 Å². The number of thiocarbonyl (C=S) groups is 1. The van der Waals surface area contributed by atoms with E-state index in [0.717, 1.165) is 0 Å². The maximum absolute atomic E-state index is 13.1. The number of nitrogens with one attached hydrogen (secondary N) is 1. The quantitative estimate of drug-likeness (QED) is 0.356. The number of para-hydroxylation sites is 1. The standard InChI is InChI=1S/C24H18N2O4S/c1-16(14-20-8-5-13-29-20)15-21-22(27)25-24(31)26(23(21)28)17-9-11-19(12-10-17)30-18-6-3-2-4-7-18/h2-15H,1H3,(H,25,27,31)/b16-14-,21-15+. The summed E-state index contributed by atoms with van der Waals surface area (Å²) in [6.07, 6.45) is 4.80. The van der Waals surface area contributed by atoms with E-state index in [1.54, 1.807) is 55.7 Å². The van der Waals surface area contributed by atoms with Gasteiger partial charge >= 0.3 is 0 Å². The van der Waals surface area contributed by atoms with Crippen LogP contribution in [0, 0.1) is 0 Å². The van der Waals surface area contributed by atoms with Crippen molar-refractivity contribution in [1.29, 1.82) is 0 Å². The first kappa shape index (κ1) is 20.3. The molecule has 1 aromatic heterocycles. The third-order valence-corrected chi connectivity index (χ3v) is 4.75. The molecule has 1 fully saturated rings. The minimum Gasteiger partial charge on any atom is -0.465 e. The van der Waals surface area contributed by atoms with Crippen LogP contribution in [0.15, 0.2) is 94.6 Å². The van der Waals surface area contributed by atoms with Crippen molar-refractivity contribution in [2.75, 3.05) is 4.90 Å². The van der Waals surface area contributed by atoms with Crippen molar-refractivity contribution < 1.29 is 18.7 Å². The summed E-state index contributed by atoms with van der Waals surface area (Å²) < 4.78 is 11.1. The van der Waals surface area contributed by atoms with E-state index in [0.29, 0.717) is 28.5 Å². The van der Waals surface area contributed by atoms with Crippen LogP contribution in [0.5, 0.6) is 11.5 Å². The molecule has 31 heavy (non-hydrogen) atoms. The van der Waals surface area contributed by atoms with Gasteiger partial charge in [0.2, 0.25) is 0 Å². The van der Waals surface area contributed by atoms with Crippen LogP contribution in [0.2, 0.25) is 0 Å². The number of carbonyl (C=O) groups excluding carboxylic acids is 2. The smallest absolute Gasteiger partial charge is 0.270 e. The summed E-state index contributed by atoms with van der Waals surface area (Å²) in [6.45, 7) is 1.78. The first-order valence-corrected chi connectivity index (χ1v) is 9.88. The molecule has 0 spiro atoms. The number of hydrogen-bond acceptors (Lipinski definition) is 5. The summed E-state index contributed by atoms with van der Waals surface area (Å²) in [7, 11) is 0. The largest absolute Gasteiger partial charge is 0.465 e. The zero-order valence-electron chi connectivity index (χ0n) is 16.6. The number of hydrogen-bond donors (Lipinski definition) is 1. The predicted molar refractivity (Wildman–Crippen MR) is 122 cm³/mol. The van der Waals surface area contributed by atoms with Crippen molar-refractivity contribution in [2.24, 2.45) is 0 Å². The molecule has 2 heterocycles. The van der Waals surface area contributed by atoms with Gasteiger partial charge in [0.05, 0.1) is 12.0 Å². The average Bonchev–Trinajstić information content (AvgIpc) is 3.26. The topological polar surface area (TPSA) is 71.8 Å². The monoisotopic (exact) mass is 430 g/mol. The molecular weight excluding hydrogens is 412 g/mol. The van der Waals surface area contributed by atoms with Gasteiger partial charge in [-0.3, -0.25) is 19.8 Å². The number of nitrogens with zero attached hydrogens (tertiary/aromatic N) is 1. The number of amides is 2. The van der Waals surface area contributed by atoms with Crippen LogP contribution < -0.4 is 15.0 Å². The summed E-state index contributed by atoms with van der Waals surface area (Å²) in [6, 6.07) is 19.8. The van der Waals surface area contributed by atoms with Crippen molar-refractivity contribution in [1.82, 2.24) is 5.32 Å². The van der Waals surface area contributed by atoms with Crippen molar-refractivity contribution >= 4 is 40.9 Å². The van der Waals surface area contributed by atoms with Crippen molar-refractivity contribution in [3.63, 3.8) is 0 Å². The second-order valence-electron chi connectivity index (χ2n) is 6.77. The molecule has 154 valence electrons. The lowest BCUT2D eigenvalue weighted by atomic mass is 10.1. The fraction of sp³-hybridized carbons (Fsp3) is 0.0417. The Morgan fingerprint density at radius 1 is 1.00 bits per heavy atom. The maximum Gasteiger partial charge on any atom is 0.270 e. The van der Waals surface area contributed by atoms with Gasteiger partial charge in [-0.2, -0.15) is 0 Å². The number of rotatable bonds is 5. The molecule has 2 amide bonds. The maximum atomic E-state index is 13.1. The molecule has 0 unspecified atom stereocenters. The van der Waals surface area contributed by atoms with E-state index in [4.69, 9.17) is 21.4 Å². The molecule has 6 nitrogen and oxygen atoms in total. The molecule has 1 aliphatic rings. The van der Waals surface area contributed by atoms with Crippen LogP contribution in [0.1, 0.15) is 12.7 Å². The summed E-state index contributed by atoms with van der Waals surface area (Å²) in [4.78, 5) is 26.8. The minimum atomic E-state index is -0.539. The molecule has 1 aliphatic heterocycles. The summed E-state index contributed by atoms with van der Waals surface area (Å²) in [5.74, 6) is 0.901. The Hall–Kier alpha value is -3.97. The number of anilines is 1. The average molecular weight is 430 g/mol. The van der Waals surface area contributed by atoms with E-state index in [1.165, 1.54) is 11.0 Å². The lowest BCUT2D eigenvalue weighted by Gasteiger charge is -2.29. The van der Waals surface area contributed by atoms with Crippen LogP contribution in [-0.2, 0) is 9.59 Å². The molecule has 0 radical (unpaired) electrons. The van der Waals surface area contributed by atoms with Crippen LogP contribution >= 0.6 is 12.2 Å². The molecule has 0 aliphatic carbocycles. The van der Waals surface area contributed by atoms with Crippen molar-refractivity contribution in [3.8, 4) is 11.5 Å². The van der Waals surface area contributed by atoms with Gasteiger partial charge in [-0.15, -0.1) is 0 Å². The lowest BCUT2D eigenvalue weighted by molar-refractivity contribution is -0.122. The van der Waals surface area contributed by atoms with E-state index in [9.17, 15) is 9.59 Å². The first-order chi connectivity index (χ1) is 15.0. The summed E-state index contributed by atoms with van der Waals surface area (Å²) in [5.41, 5.74) is 1.19. The number of carbonyl (C=O) groups is 2. The lowest BCUT2D eigenvalue weighted by Crippen LogP contribution is -2.54. The van der Waals surface area contributed by atoms with Crippen LogP contribution in [0.3, 0.4) is 0 Å². The molecular formula is C24H18N2O4S. The fourth-order valence-electron chi connectivity index (χ4n) is 3.05. The van der Waals surface area contributed by atoms with Gasteiger partial charge in [-0.1, -0.05) is 18.2 Å². The molecule has 0 atom stereocenters. The van der Waals surface area contributed by atoms with Gasteiger partial charge in [-0.25, -0.2) is 0 Å². The van der Waals surface area contributed by atoms with Crippen molar-refractivity contribution in [2.45, 2.75) is 6.92 Å². The SMILES string of the molecule is CC(=C/c1ccco1)/C=C1\C(=O)NC(=S)N(c2ccc(Oc3ccccc3)cc2)C1=O. The highest BCUT2D eigenvalue weighted by molar-refractivity contribution is 7.80. The highest BCUT2D eigenvalue weighted by Gasteiger charge is 2.34. The fourth-order valence-corrected chi connectivity index (χ4v) is 3.33. The highest BCUT2D eigenvalue weighted by Crippen LogP contribution is 2.27. The molecule has 1 saturated heterocycles. The zero-order chi connectivity index (χ0) is 21.8. The van der Waals surface area contributed by atoms with E-state index in [-0.39, 0.29) is 10.7 Å². The Kier molecular flexibility index (Phi) is 5.77. The molecule has 0 saturated carbocycles. The number of benzene rings is 2. The van der Waals surface area contributed by atoms with Crippen LogP contribution in [0.25, 0.3) is 6.08 Å². The summed E-state index contributed by atoms with van der Waals surface area (Å²) in [5, 5.41) is 2.60. The zero-order valence-corrected chi connectivity index (χ0v) is 17.4. The van der Waals surface area contributed by atoms with Crippen molar-refractivity contribution in [3.05, 3.63) is 96.0 Å². The number of ether oxygens (including phenoxy) is 1. The molecule has 3 aromatic rings. The Balaban J connectivity index is 1.57. The van der Waals surface area contributed by atoms with E-state index < -0.39 is 11.8 Å². The van der Waals surface area contributed by atoms with Gasteiger partial charge < -0.3 is 9.15 Å². The van der Waals surface area contributed by atoms with Gasteiger partial charge in [-0.05, 0) is 85.4 Å². The number of allylic oxidation sites excluding steroid dienone is 2. The third-order valence-electron chi connectivity index (χ3n) is 4.46. The molecule has 7 heteroatoms. The predicted octanol–water partition coefficient (Wildman–Crippen LogP) is 4.85. The Morgan fingerprint density at radius 3 is 2.39 bits per heavy atom. The second kappa shape index (κ2) is 8.81. The van der Waals surface area contributed by atoms with Gasteiger partial charge in [0.1, 0.15) is 22.8 Å². The van der Waals surface area contributed by atoms with Gasteiger partial charge in [0.25, 0.3) is 11.8 Å². The second-order valence-corrected chi connectivity index (χ2v) is 7.16. The Morgan fingerprint density at radius 2 is 1.71 bits per heavy atom. The molecule has 4 rings (SSSR count). The van der Waals surface area contributed by atoms with Gasteiger partial charge in [0.15, 0.2) is 5.11 Å². The first-order valence-electron chi connectivity index (χ1n) is 9.47. The number of furan rings is 1. The molecule has 0 bridgehead atoms. The Bertz CT molecular complexity index is 1180. The third kappa shape index (κ3) is 4.62. The molecule has 2 aromatic carbocycles. The summed E-state index contributed by atoms with van der Waals surface area (Å²) >= 11 is 5.25. The minimum absolute atomic E-state index is 0.0153. The van der Waals surface area contributed by atoms with Gasteiger partial charge in [0, 0.05) is 0 Å². The molecule has 1 N–H and O–H groups in total. The Labute approximate surface area is 184 Å².